The molecule has 3 rings (SSSR count). The molecule has 0 aliphatic rings. The van der Waals surface area contributed by atoms with Gasteiger partial charge < -0.3 is 18.6 Å². The summed E-state index contributed by atoms with van der Waals surface area (Å²) < 4.78 is 12.3. The van der Waals surface area contributed by atoms with Crippen LogP contribution in [-0.4, -0.2) is 73.1 Å². The van der Waals surface area contributed by atoms with E-state index in [1.807, 2.05) is 50.1 Å². The quantitative estimate of drug-likeness (QED) is 0.191. The van der Waals surface area contributed by atoms with E-state index >= 15 is 0 Å². The minimum absolute atomic E-state index is 0.287. The van der Waals surface area contributed by atoms with Crippen LogP contribution in [0.1, 0.15) is 25.4 Å². The van der Waals surface area contributed by atoms with Gasteiger partial charge >= 0.3 is 0 Å². The maximum Gasteiger partial charge on any atom is 0.253 e. The van der Waals surface area contributed by atoms with Crippen molar-refractivity contribution < 1.29 is 18.4 Å². The van der Waals surface area contributed by atoms with Crippen molar-refractivity contribution in [2.24, 2.45) is 10.2 Å². The van der Waals surface area contributed by atoms with Crippen molar-refractivity contribution in [3.63, 3.8) is 0 Å². The van der Waals surface area contributed by atoms with Crippen molar-refractivity contribution >= 4 is 70.9 Å². The molecule has 0 aliphatic carbocycles. The highest BCUT2D eigenvalue weighted by molar-refractivity contribution is 8.04. The lowest BCUT2D eigenvalue weighted by atomic mass is 10.4. The summed E-state index contributed by atoms with van der Waals surface area (Å²) in [5.74, 6) is 1.86. The van der Waals surface area contributed by atoms with Gasteiger partial charge in [0.1, 0.15) is 11.5 Å². The number of hydrogen-bond acceptors (Lipinski definition) is 13. The third kappa shape index (κ3) is 8.65. The van der Waals surface area contributed by atoms with Gasteiger partial charge in [0, 0.05) is 40.3 Å². The molecule has 2 amide bonds. The van der Waals surface area contributed by atoms with Crippen LogP contribution in [-0.2, 0) is 9.59 Å². The number of carbonyl (C=O) groups is 2. The molecule has 2 atom stereocenters. The molecule has 0 saturated carbocycles. The minimum Gasteiger partial charge on any atom is -0.440 e. The highest BCUT2D eigenvalue weighted by Gasteiger charge is 2.20. The Balaban J connectivity index is 1.43. The van der Waals surface area contributed by atoms with Gasteiger partial charge in [0.25, 0.3) is 11.8 Å². The van der Waals surface area contributed by atoms with Gasteiger partial charge in [-0.15, -0.1) is 10.2 Å². The summed E-state index contributed by atoms with van der Waals surface area (Å²) in [6.45, 7) is 3.49. The molecule has 0 bridgehead atoms. The van der Waals surface area contributed by atoms with E-state index in [0.717, 1.165) is 0 Å². The Labute approximate surface area is 226 Å². The molecule has 15 heteroatoms. The molecule has 0 radical (unpaired) electrons. The lowest BCUT2D eigenvalue weighted by molar-refractivity contribution is -0.121. The van der Waals surface area contributed by atoms with Crippen LogP contribution in [0.4, 0.5) is 11.8 Å². The first-order valence-corrected chi connectivity index (χ1v) is 13.6. The standard InChI is InChI=1S/C22H28N8O4S3/c1-13(19(31)25-23-11-15-7-9-17(33-15)29(3)4)35-21-27-28-22(37-21)36-14(2)20(32)26-24-12-16-8-10-18(34-16)30(5)6/h7-14H,1-6H3,(H,25,31)(H,26,32)/b23-11-,24-12-/t13-,14-/m1/s1. The zero-order chi connectivity index (χ0) is 26.9. The molecule has 0 spiro atoms. The molecule has 12 nitrogen and oxygen atoms in total. The van der Waals surface area contributed by atoms with Gasteiger partial charge in [0.05, 0.1) is 22.9 Å². The van der Waals surface area contributed by atoms with E-state index in [2.05, 4.69) is 31.3 Å². The Morgan fingerprint density at radius 2 is 1.24 bits per heavy atom. The SMILES string of the molecule is C[C@@H](Sc1nnc(S[C@H](C)C(=O)N/N=C\c2ccc(N(C)C)o2)s1)C(=O)N/N=C\c1ccc(N(C)C)o1. The molecular weight excluding hydrogens is 536 g/mol. The van der Waals surface area contributed by atoms with Gasteiger partial charge in [0.2, 0.25) is 0 Å². The molecule has 0 fully saturated rings. The molecule has 3 heterocycles. The van der Waals surface area contributed by atoms with Crippen LogP contribution in [0.5, 0.6) is 0 Å². The predicted octanol–water partition coefficient (Wildman–Crippen LogP) is 3.12. The zero-order valence-corrected chi connectivity index (χ0v) is 23.6. The monoisotopic (exact) mass is 564 g/mol. The van der Waals surface area contributed by atoms with Crippen LogP contribution in [0.25, 0.3) is 0 Å². The van der Waals surface area contributed by atoms with Gasteiger partial charge in [0.15, 0.2) is 20.4 Å². The lowest BCUT2D eigenvalue weighted by Gasteiger charge is -2.07. The van der Waals surface area contributed by atoms with E-state index in [-0.39, 0.29) is 11.8 Å². The highest BCUT2D eigenvalue weighted by atomic mass is 32.2. The van der Waals surface area contributed by atoms with E-state index in [4.69, 9.17) is 8.83 Å². The normalized spacial score (nSPS) is 13.1. The maximum absolute atomic E-state index is 12.4. The van der Waals surface area contributed by atoms with Gasteiger partial charge in [-0.25, -0.2) is 10.9 Å². The topological polar surface area (TPSA) is 141 Å². The van der Waals surface area contributed by atoms with Gasteiger partial charge in [-0.2, -0.15) is 10.2 Å². The first-order valence-electron chi connectivity index (χ1n) is 11.0. The Bertz CT molecular complexity index is 1160. The fraction of sp³-hybridized carbons (Fsp3) is 0.364. The summed E-state index contributed by atoms with van der Waals surface area (Å²) in [6.07, 6.45) is 2.88. The fourth-order valence-corrected chi connectivity index (χ4v) is 5.80. The molecule has 0 saturated heterocycles. The minimum atomic E-state index is -0.457. The maximum atomic E-state index is 12.4. The molecule has 0 unspecified atom stereocenters. The van der Waals surface area contributed by atoms with E-state index in [1.54, 1.807) is 26.0 Å². The first-order chi connectivity index (χ1) is 17.6. The van der Waals surface area contributed by atoms with Crippen LogP contribution in [0, 0.1) is 0 Å². The number of hydrogen-bond donors (Lipinski definition) is 2. The summed E-state index contributed by atoms with van der Waals surface area (Å²) in [4.78, 5) is 28.4. The van der Waals surface area contributed by atoms with Crippen LogP contribution in [0.2, 0.25) is 0 Å². The second-order valence-electron chi connectivity index (χ2n) is 7.96. The molecule has 3 aromatic rings. The van der Waals surface area contributed by atoms with Crippen LogP contribution in [0.3, 0.4) is 0 Å². The highest BCUT2D eigenvalue weighted by Crippen LogP contribution is 2.33. The molecule has 37 heavy (non-hydrogen) atoms. The van der Waals surface area contributed by atoms with Crippen molar-refractivity contribution in [2.45, 2.75) is 33.0 Å². The number of amides is 2. The molecule has 3 aromatic heterocycles. The number of nitrogens with zero attached hydrogens (tertiary/aromatic N) is 6. The smallest absolute Gasteiger partial charge is 0.253 e. The Morgan fingerprint density at radius 1 is 0.838 bits per heavy atom. The largest absolute Gasteiger partial charge is 0.440 e. The first kappa shape index (κ1) is 28.3. The Morgan fingerprint density at radius 3 is 1.59 bits per heavy atom. The number of anilines is 2. The fourth-order valence-electron chi connectivity index (χ4n) is 2.51. The summed E-state index contributed by atoms with van der Waals surface area (Å²) in [5.41, 5.74) is 4.99. The lowest BCUT2D eigenvalue weighted by Crippen LogP contribution is -2.26. The van der Waals surface area contributed by atoms with Crippen molar-refractivity contribution in [2.75, 3.05) is 38.0 Å². The van der Waals surface area contributed by atoms with E-state index < -0.39 is 10.5 Å². The number of rotatable bonds is 12. The Kier molecular flexibility index (Phi) is 10.2. The summed E-state index contributed by atoms with van der Waals surface area (Å²) in [6, 6.07) is 7.15. The van der Waals surface area contributed by atoms with Gasteiger partial charge in [-0.3, -0.25) is 9.59 Å². The predicted molar refractivity (Wildman–Crippen MR) is 148 cm³/mol. The van der Waals surface area contributed by atoms with Gasteiger partial charge in [-0.1, -0.05) is 34.9 Å². The number of furan rings is 2. The van der Waals surface area contributed by atoms with E-state index in [0.29, 0.717) is 32.0 Å². The average molecular weight is 565 g/mol. The third-order valence-corrected chi connectivity index (χ3v) is 7.81. The van der Waals surface area contributed by atoms with E-state index in [9.17, 15) is 9.59 Å². The number of aromatic nitrogens is 2. The van der Waals surface area contributed by atoms with Crippen molar-refractivity contribution in [3.8, 4) is 0 Å². The molecule has 2 N–H and O–H groups in total. The number of thioether (sulfide) groups is 2. The summed E-state index contributed by atoms with van der Waals surface area (Å²) >= 11 is 3.81. The number of hydrazone groups is 2. The van der Waals surface area contributed by atoms with Crippen LogP contribution < -0.4 is 20.7 Å². The van der Waals surface area contributed by atoms with Crippen molar-refractivity contribution in [1.29, 1.82) is 0 Å². The van der Waals surface area contributed by atoms with E-state index in [1.165, 1.54) is 47.3 Å². The Hall–Kier alpha value is -3.30. The molecule has 198 valence electrons. The van der Waals surface area contributed by atoms with Crippen molar-refractivity contribution in [1.82, 2.24) is 21.0 Å². The van der Waals surface area contributed by atoms with Crippen molar-refractivity contribution in [3.05, 3.63) is 35.8 Å². The third-order valence-electron chi connectivity index (χ3n) is 4.52. The molecule has 0 aliphatic heterocycles. The molecule has 0 aromatic carbocycles. The molecular formula is C22H28N8O4S3. The van der Waals surface area contributed by atoms with Gasteiger partial charge in [-0.05, 0) is 26.0 Å². The zero-order valence-electron chi connectivity index (χ0n) is 21.2. The van der Waals surface area contributed by atoms with Crippen LogP contribution in [0.15, 0.2) is 52.0 Å². The summed E-state index contributed by atoms with van der Waals surface area (Å²) in [7, 11) is 7.47. The second kappa shape index (κ2) is 13.3. The second-order valence-corrected chi connectivity index (χ2v) is 12.1. The number of nitrogens with one attached hydrogen (secondary N) is 2. The average Bonchev–Trinajstić information content (AvgIpc) is 3.60. The summed E-state index contributed by atoms with van der Waals surface area (Å²) in [5, 5.41) is 15.2. The van der Waals surface area contributed by atoms with Crippen LogP contribution >= 0.6 is 34.9 Å². The number of carbonyl (C=O) groups excluding carboxylic acids is 2.